The Morgan fingerprint density at radius 1 is 1.00 bits per heavy atom. The first-order valence-electron chi connectivity index (χ1n) is 7.90. The Morgan fingerprint density at radius 3 is 2.42 bits per heavy atom. The summed E-state index contributed by atoms with van der Waals surface area (Å²) in [6, 6.07) is 11.5. The first-order chi connectivity index (χ1) is 12.5. The minimum Gasteiger partial charge on any atom is -0.454 e. The second kappa shape index (κ2) is 7.63. The van der Waals surface area contributed by atoms with Crippen molar-refractivity contribution in [2.45, 2.75) is 18.0 Å². The van der Waals surface area contributed by atoms with E-state index in [1.165, 1.54) is 19.2 Å². The lowest BCUT2D eigenvalue weighted by atomic mass is 10.2. The standard InChI is InChI=1S/C17H19N3O5S/c1-18-26(22,23)14-4-2-3-12(7-14)9-19-17(21)20-10-13-5-6-15-16(8-13)25-11-24-15/h2-8,18H,9-11H2,1H3,(H2,19,20,21). The Balaban J connectivity index is 1.52. The fourth-order valence-corrected chi connectivity index (χ4v) is 3.22. The Labute approximate surface area is 151 Å². The van der Waals surface area contributed by atoms with Gasteiger partial charge in [0.05, 0.1) is 4.90 Å². The number of benzene rings is 2. The third-order valence-electron chi connectivity index (χ3n) is 3.82. The molecule has 0 radical (unpaired) electrons. The number of ether oxygens (including phenoxy) is 2. The van der Waals surface area contributed by atoms with Gasteiger partial charge < -0.3 is 20.1 Å². The lowest BCUT2D eigenvalue weighted by Crippen LogP contribution is -2.34. The number of carbonyl (C=O) groups excluding carboxylic acids is 1. The molecule has 26 heavy (non-hydrogen) atoms. The van der Waals surface area contributed by atoms with Gasteiger partial charge >= 0.3 is 6.03 Å². The molecule has 2 aromatic rings. The fourth-order valence-electron chi connectivity index (χ4n) is 2.42. The third kappa shape index (κ3) is 4.24. The molecular formula is C17H19N3O5S. The van der Waals surface area contributed by atoms with E-state index in [2.05, 4.69) is 15.4 Å². The maximum Gasteiger partial charge on any atom is 0.315 e. The average molecular weight is 377 g/mol. The number of hydrogen-bond donors (Lipinski definition) is 3. The number of fused-ring (bicyclic) bond motifs is 1. The summed E-state index contributed by atoms with van der Waals surface area (Å²) in [6.45, 7) is 0.742. The van der Waals surface area contributed by atoms with E-state index in [0.717, 1.165) is 5.56 Å². The molecule has 0 aliphatic carbocycles. The van der Waals surface area contributed by atoms with Crippen LogP contribution in [-0.4, -0.2) is 28.3 Å². The lowest BCUT2D eigenvalue weighted by molar-refractivity contribution is 0.174. The van der Waals surface area contributed by atoms with Gasteiger partial charge in [0.25, 0.3) is 0 Å². The van der Waals surface area contributed by atoms with E-state index in [4.69, 9.17) is 9.47 Å². The SMILES string of the molecule is CNS(=O)(=O)c1cccc(CNC(=O)NCc2ccc3c(c2)OCO3)c1. The predicted octanol–water partition coefficient (Wildman–Crippen LogP) is 1.32. The van der Waals surface area contributed by atoms with Gasteiger partial charge in [-0.3, -0.25) is 0 Å². The Kier molecular flexibility index (Phi) is 5.29. The van der Waals surface area contributed by atoms with Gasteiger partial charge in [-0.05, 0) is 42.4 Å². The Bertz CT molecular complexity index is 914. The molecule has 0 atom stereocenters. The number of hydrogen-bond acceptors (Lipinski definition) is 5. The highest BCUT2D eigenvalue weighted by molar-refractivity contribution is 7.89. The van der Waals surface area contributed by atoms with Crippen molar-refractivity contribution in [2.75, 3.05) is 13.8 Å². The third-order valence-corrected chi connectivity index (χ3v) is 5.23. The van der Waals surface area contributed by atoms with Crippen LogP contribution in [0.3, 0.4) is 0 Å². The second-order valence-electron chi connectivity index (χ2n) is 5.58. The zero-order chi connectivity index (χ0) is 18.6. The largest absolute Gasteiger partial charge is 0.454 e. The summed E-state index contributed by atoms with van der Waals surface area (Å²) >= 11 is 0. The van der Waals surface area contributed by atoms with Crippen LogP contribution in [-0.2, 0) is 23.1 Å². The van der Waals surface area contributed by atoms with Crippen molar-refractivity contribution in [3.05, 3.63) is 53.6 Å². The summed E-state index contributed by atoms with van der Waals surface area (Å²) in [4.78, 5) is 12.1. The number of sulfonamides is 1. The number of urea groups is 1. The molecule has 9 heteroatoms. The van der Waals surface area contributed by atoms with E-state index in [1.54, 1.807) is 18.2 Å². The molecule has 0 spiro atoms. The highest BCUT2D eigenvalue weighted by Gasteiger charge is 2.14. The van der Waals surface area contributed by atoms with Crippen molar-refractivity contribution >= 4 is 16.1 Å². The smallest absolute Gasteiger partial charge is 0.315 e. The van der Waals surface area contributed by atoms with Crippen molar-refractivity contribution in [3.8, 4) is 11.5 Å². The molecular weight excluding hydrogens is 358 g/mol. The van der Waals surface area contributed by atoms with Gasteiger partial charge in [-0.2, -0.15) is 0 Å². The summed E-state index contributed by atoms with van der Waals surface area (Å²) in [5.41, 5.74) is 1.56. The highest BCUT2D eigenvalue weighted by Crippen LogP contribution is 2.32. The Hall–Kier alpha value is -2.78. The first kappa shape index (κ1) is 18.0. The van der Waals surface area contributed by atoms with Crippen molar-refractivity contribution < 1.29 is 22.7 Å². The van der Waals surface area contributed by atoms with E-state index in [0.29, 0.717) is 23.6 Å². The summed E-state index contributed by atoms with van der Waals surface area (Å²) in [6.07, 6.45) is 0. The number of rotatable bonds is 6. The van der Waals surface area contributed by atoms with Crippen LogP contribution in [0.15, 0.2) is 47.4 Å². The van der Waals surface area contributed by atoms with Crippen LogP contribution in [0.25, 0.3) is 0 Å². The molecule has 8 nitrogen and oxygen atoms in total. The second-order valence-corrected chi connectivity index (χ2v) is 7.47. The van der Waals surface area contributed by atoms with Crippen LogP contribution in [0.5, 0.6) is 11.5 Å². The van der Waals surface area contributed by atoms with Crippen LogP contribution < -0.4 is 24.8 Å². The van der Waals surface area contributed by atoms with E-state index >= 15 is 0 Å². The lowest BCUT2D eigenvalue weighted by Gasteiger charge is -2.09. The van der Waals surface area contributed by atoms with Crippen molar-refractivity contribution in [3.63, 3.8) is 0 Å². The Morgan fingerprint density at radius 2 is 1.69 bits per heavy atom. The summed E-state index contributed by atoms with van der Waals surface area (Å²) in [5, 5.41) is 5.44. The van der Waals surface area contributed by atoms with Crippen molar-refractivity contribution in [2.24, 2.45) is 0 Å². The van der Waals surface area contributed by atoms with E-state index in [-0.39, 0.29) is 24.3 Å². The molecule has 0 fully saturated rings. The zero-order valence-electron chi connectivity index (χ0n) is 14.1. The minimum atomic E-state index is -3.51. The quantitative estimate of drug-likeness (QED) is 0.704. The average Bonchev–Trinajstić information content (AvgIpc) is 3.12. The van der Waals surface area contributed by atoms with Crippen LogP contribution in [0.4, 0.5) is 4.79 Å². The molecule has 3 N–H and O–H groups in total. The maximum absolute atomic E-state index is 12.0. The van der Waals surface area contributed by atoms with Gasteiger partial charge in [-0.15, -0.1) is 0 Å². The summed E-state index contributed by atoms with van der Waals surface area (Å²) < 4.78 is 36.4. The maximum atomic E-state index is 12.0. The van der Waals surface area contributed by atoms with Crippen LogP contribution in [0, 0.1) is 0 Å². The fraction of sp³-hybridized carbons (Fsp3) is 0.235. The molecule has 0 saturated carbocycles. The van der Waals surface area contributed by atoms with Gasteiger partial charge in [-0.25, -0.2) is 17.9 Å². The number of carbonyl (C=O) groups is 1. The van der Waals surface area contributed by atoms with Crippen LogP contribution >= 0.6 is 0 Å². The van der Waals surface area contributed by atoms with Crippen molar-refractivity contribution in [1.82, 2.24) is 15.4 Å². The van der Waals surface area contributed by atoms with E-state index in [1.807, 2.05) is 12.1 Å². The van der Waals surface area contributed by atoms with Gasteiger partial charge in [-0.1, -0.05) is 18.2 Å². The van der Waals surface area contributed by atoms with Gasteiger partial charge in [0.15, 0.2) is 11.5 Å². The van der Waals surface area contributed by atoms with Crippen LogP contribution in [0.1, 0.15) is 11.1 Å². The molecule has 0 saturated heterocycles. The monoisotopic (exact) mass is 377 g/mol. The topological polar surface area (TPSA) is 106 Å². The van der Waals surface area contributed by atoms with Gasteiger partial charge in [0.1, 0.15) is 0 Å². The zero-order valence-corrected chi connectivity index (χ0v) is 14.9. The predicted molar refractivity (Wildman–Crippen MR) is 94.3 cm³/mol. The molecule has 0 unspecified atom stereocenters. The molecule has 138 valence electrons. The van der Waals surface area contributed by atoms with Gasteiger partial charge in [0, 0.05) is 13.1 Å². The van der Waals surface area contributed by atoms with E-state index < -0.39 is 10.0 Å². The molecule has 1 aliphatic heterocycles. The van der Waals surface area contributed by atoms with Crippen molar-refractivity contribution in [1.29, 1.82) is 0 Å². The van der Waals surface area contributed by atoms with Crippen LogP contribution in [0.2, 0.25) is 0 Å². The summed E-state index contributed by atoms with van der Waals surface area (Å²) in [7, 11) is -2.16. The minimum absolute atomic E-state index is 0.153. The highest BCUT2D eigenvalue weighted by atomic mass is 32.2. The summed E-state index contributed by atoms with van der Waals surface area (Å²) in [5.74, 6) is 1.35. The first-order valence-corrected chi connectivity index (χ1v) is 9.39. The molecule has 0 bridgehead atoms. The molecule has 1 aliphatic rings. The molecule has 1 heterocycles. The number of nitrogens with one attached hydrogen (secondary N) is 3. The normalized spacial score (nSPS) is 12.7. The number of amides is 2. The van der Waals surface area contributed by atoms with E-state index in [9.17, 15) is 13.2 Å². The molecule has 2 amide bonds. The van der Waals surface area contributed by atoms with Gasteiger partial charge in [0.2, 0.25) is 16.8 Å². The molecule has 2 aromatic carbocycles. The molecule has 0 aromatic heterocycles. The molecule has 3 rings (SSSR count).